The van der Waals surface area contributed by atoms with Crippen molar-refractivity contribution in [2.75, 3.05) is 38.1 Å². The molecule has 2 N–H and O–H groups in total. The lowest BCUT2D eigenvalue weighted by atomic mass is 10.00. The summed E-state index contributed by atoms with van der Waals surface area (Å²) in [6, 6.07) is 8.76. The number of ether oxygens (including phenoxy) is 2. The van der Waals surface area contributed by atoms with Gasteiger partial charge >= 0.3 is 5.69 Å². The molecule has 1 aliphatic heterocycles. The molecule has 0 radical (unpaired) electrons. The van der Waals surface area contributed by atoms with E-state index in [4.69, 9.17) is 31.8 Å². The number of nitrogens with two attached hydrogens (primary N) is 1. The molecule has 1 saturated heterocycles. The number of fused-ring (bicyclic) bond motifs is 1. The van der Waals surface area contributed by atoms with Gasteiger partial charge in [-0.3, -0.25) is 9.36 Å². The molecule has 40 heavy (non-hydrogen) atoms. The first-order valence-corrected chi connectivity index (χ1v) is 12.9. The van der Waals surface area contributed by atoms with E-state index in [2.05, 4.69) is 21.4 Å². The number of rotatable bonds is 6. The van der Waals surface area contributed by atoms with E-state index in [9.17, 15) is 9.59 Å². The third-order valence-corrected chi connectivity index (χ3v) is 7.83. The molecule has 6 rings (SSSR count). The lowest BCUT2D eigenvalue weighted by Gasteiger charge is -2.23. The first-order chi connectivity index (χ1) is 19.3. The highest BCUT2D eigenvalue weighted by atomic mass is 35.5. The van der Waals surface area contributed by atoms with E-state index in [1.54, 1.807) is 17.2 Å². The smallest absolute Gasteiger partial charge is 0.354 e. The van der Waals surface area contributed by atoms with Crippen molar-refractivity contribution in [2.45, 2.75) is 18.4 Å². The van der Waals surface area contributed by atoms with Gasteiger partial charge in [0, 0.05) is 36.0 Å². The number of anilines is 2. The predicted octanol–water partition coefficient (Wildman–Crippen LogP) is 3.42. The van der Waals surface area contributed by atoms with Crippen LogP contribution in [0.5, 0.6) is 11.5 Å². The van der Waals surface area contributed by atoms with Gasteiger partial charge in [-0.25, -0.2) is 14.8 Å². The Morgan fingerprint density at radius 1 is 1.15 bits per heavy atom. The predicted molar refractivity (Wildman–Crippen MR) is 152 cm³/mol. The third kappa shape index (κ3) is 4.10. The van der Waals surface area contributed by atoms with Gasteiger partial charge in [0.05, 0.1) is 37.0 Å². The van der Waals surface area contributed by atoms with Crippen molar-refractivity contribution in [3.8, 4) is 28.3 Å². The van der Waals surface area contributed by atoms with Crippen LogP contribution in [0.3, 0.4) is 0 Å². The number of aromatic nitrogens is 4. The zero-order chi connectivity index (χ0) is 28.2. The van der Waals surface area contributed by atoms with Crippen molar-refractivity contribution in [1.82, 2.24) is 24.4 Å². The molecule has 1 spiro atoms. The van der Waals surface area contributed by atoms with Gasteiger partial charge < -0.3 is 25.0 Å². The number of carbonyl (C=O) groups excluding carboxylic acids is 1. The maximum atomic E-state index is 12.9. The monoisotopic (exact) mass is 559 g/mol. The van der Waals surface area contributed by atoms with Crippen LogP contribution < -0.4 is 25.8 Å². The van der Waals surface area contributed by atoms with Gasteiger partial charge in [-0.2, -0.15) is 4.98 Å². The highest BCUT2D eigenvalue weighted by Crippen LogP contribution is 2.48. The molecule has 0 bridgehead atoms. The van der Waals surface area contributed by atoms with E-state index in [1.807, 2.05) is 18.2 Å². The number of hydrogen-bond donors (Lipinski definition) is 1. The summed E-state index contributed by atoms with van der Waals surface area (Å²) in [5.41, 5.74) is 7.33. The van der Waals surface area contributed by atoms with Crippen molar-refractivity contribution >= 4 is 40.2 Å². The Bertz CT molecular complexity index is 1750. The highest BCUT2D eigenvalue weighted by Gasteiger charge is 2.55. The fraction of sp³-hybridized carbons (Fsp3) is 0.250. The minimum atomic E-state index is -0.585. The number of hydrogen-bond acceptors (Lipinski definition) is 9. The number of halogens is 1. The van der Waals surface area contributed by atoms with E-state index < -0.39 is 5.69 Å². The Hall–Kier alpha value is -4.64. The van der Waals surface area contributed by atoms with E-state index >= 15 is 0 Å². The summed E-state index contributed by atoms with van der Waals surface area (Å²) in [6.07, 6.45) is 6.57. The van der Waals surface area contributed by atoms with Crippen LogP contribution in [0.2, 0.25) is 5.02 Å². The maximum absolute atomic E-state index is 12.9. The molecule has 2 aliphatic rings. The molecule has 1 saturated carbocycles. The summed E-state index contributed by atoms with van der Waals surface area (Å²) in [4.78, 5) is 42.4. The van der Waals surface area contributed by atoms with E-state index in [0.717, 1.165) is 23.7 Å². The second-order valence-corrected chi connectivity index (χ2v) is 10.2. The van der Waals surface area contributed by atoms with Gasteiger partial charge in [0.15, 0.2) is 0 Å². The van der Waals surface area contributed by atoms with Gasteiger partial charge in [-0.15, -0.1) is 0 Å². The molecule has 2 aromatic carbocycles. The quantitative estimate of drug-likeness (QED) is 0.353. The summed E-state index contributed by atoms with van der Waals surface area (Å²) in [6.45, 7) is 4.67. The Kier molecular flexibility index (Phi) is 6.10. The van der Waals surface area contributed by atoms with E-state index in [1.165, 1.54) is 37.1 Å². The normalized spacial score (nSPS) is 15.5. The topological polar surface area (TPSA) is 129 Å². The average Bonchev–Trinajstić information content (AvgIpc) is 3.63. The lowest BCUT2D eigenvalue weighted by Crippen LogP contribution is -2.34. The van der Waals surface area contributed by atoms with Crippen molar-refractivity contribution in [3.63, 3.8) is 0 Å². The van der Waals surface area contributed by atoms with Gasteiger partial charge in [0.1, 0.15) is 23.0 Å². The molecule has 12 heteroatoms. The second kappa shape index (κ2) is 9.53. The summed E-state index contributed by atoms with van der Waals surface area (Å²) < 4.78 is 12.5. The highest BCUT2D eigenvalue weighted by molar-refractivity contribution is 6.35. The van der Waals surface area contributed by atoms with E-state index in [-0.39, 0.29) is 17.3 Å². The summed E-state index contributed by atoms with van der Waals surface area (Å²) in [7, 11) is 3.00. The van der Waals surface area contributed by atoms with Crippen LogP contribution in [-0.4, -0.2) is 63.3 Å². The largest absolute Gasteiger partial charge is 0.495 e. The van der Waals surface area contributed by atoms with Gasteiger partial charge in [-0.1, -0.05) is 24.2 Å². The van der Waals surface area contributed by atoms with Gasteiger partial charge in [0.25, 0.3) is 0 Å². The first kappa shape index (κ1) is 25.6. The maximum Gasteiger partial charge on any atom is 0.354 e. The van der Waals surface area contributed by atoms with Crippen LogP contribution in [0.15, 0.2) is 60.2 Å². The van der Waals surface area contributed by atoms with Crippen LogP contribution >= 0.6 is 11.6 Å². The molecule has 3 heterocycles. The summed E-state index contributed by atoms with van der Waals surface area (Å²) in [5, 5.41) is 1.05. The number of benzene rings is 2. The SMILES string of the molecule is C=CC(=O)N1CN(c2ncc3cc(-c4c(Cl)c(OC)cc(OC)c4-n4ccc(N)nc4=O)ccc3n2)C2(CC2)C1. The Morgan fingerprint density at radius 3 is 2.60 bits per heavy atom. The molecule has 0 unspecified atom stereocenters. The number of amides is 1. The molecule has 0 atom stereocenters. The van der Waals surface area contributed by atoms with Crippen LogP contribution in [0.25, 0.3) is 27.7 Å². The van der Waals surface area contributed by atoms with Crippen molar-refractivity contribution in [1.29, 1.82) is 0 Å². The standard InChI is InChI=1S/C28H26ClN7O4/c1-4-22(37)34-14-28(8-9-28)36(15-34)26-31-13-17-11-16(5-6-18(17)32-26)23-24(29)19(39-2)12-20(40-3)25(23)35-10-7-21(30)33-27(35)38/h4-7,10-13H,1,8-9,14-15H2,2-3H3,(H2,30,33,38). The Balaban J connectivity index is 1.47. The van der Waals surface area contributed by atoms with Crippen LogP contribution in [0.4, 0.5) is 11.8 Å². The van der Waals surface area contributed by atoms with Crippen LogP contribution in [0, 0.1) is 0 Å². The van der Waals surface area contributed by atoms with Gasteiger partial charge in [-0.05, 0) is 42.7 Å². The average molecular weight is 560 g/mol. The minimum absolute atomic E-state index is 0.1000. The van der Waals surface area contributed by atoms with Crippen molar-refractivity contribution in [3.05, 3.63) is 70.9 Å². The Morgan fingerprint density at radius 2 is 1.93 bits per heavy atom. The number of nitrogen functional groups attached to an aromatic ring is 1. The van der Waals surface area contributed by atoms with Crippen LogP contribution in [0.1, 0.15) is 12.8 Å². The lowest BCUT2D eigenvalue weighted by molar-refractivity contribution is -0.125. The number of carbonyl (C=O) groups is 1. The molecule has 1 amide bonds. The van der Waals surface area contributed by atoms with E-state index in [0.29, 0.717) is 52.5 Å². The first-order valence-electron chi connectivity index (χ1n) is 12.5. The van der Waals surface area contributed by atoms with Crippen molar-refractivity contribution < 1.29 is 14.3 Å². The summed E-state index contributed by atoms with van der Waals surface area (Å²) in [5.74, 6) is 1.30. The molecule has 11 nitrogen and oxygen atoms in total. The van der Waals surface area contributed by atoms with Crippen LogP contribution in [-0.2, 0) is 4.79 Å². The zero-order valence-electron chi connectivity index (χ0n) is 21.9. The molecule has 204 valence electrons. The van der Waals surface area contributed by atoms with Crippen molar-refractivity contribution in [2.24, 2.45) is 0 Å². The zero-order valence-corrected chi connectivity index (χ0v) is 22.7. The summed E-state index contributed by atoms with van der Waals surface area (Å²) >= 11 is 6.84. The molecular formula is C28H26ClN7O4. The Labute approximate surface area is 234 Å². The molecule has 2 aromatic heterocycles. The molecule has 1 aliphatic carbocycles. The molecular weight excluding hydrogens is 534 g/mol. The number of nitrogens with zero attached hydrogens (tertiary/aromatic N) is 6. The molecule has 4 aromatic rings. The molecule has 2 fully saturated rings. The fourth-order valence-electron chi connectivity index (χ4n) is 5.24. The number of methoxy groups -OCH3 is 2. The second-order valence-electron chi connectivity index (χ2n) is 9.80. The van der Waals surface area contributed by atoms with Gasteiger partial charge in [0.2, 0.25) is 11.9 Å². The third-order valence-electron chi connectivity index (χ3n) is 7.45. The minimum Gasteiger partial charge on any atom is -0.495 e. The fourth-order valence-corrected chi connectivity index (χ4v) is 5.57.